The minimum absolute atomic E-state index is 0.0465. The summed E-state index contributed by atoms with van der Waals surface area (Å²) in [4.78, 5) is 12.2. The van der Waals surface area contributed by atoms with Crippen molar-refractivity contribution < 1.29 is 0 Å². The van der Waals surface area contributed by atoms with Crippen LogP contribution in [0, 0.1) is 6.92 Å². The van der Waals surface area contributed by atoms with Gasteiger partial charge in [0.15, 0.2) is 0 Å². The molecule has 17 heavy (non-hydrogen) atoms. The minimum atomic E-state index is -0.0465. The van der Waals surface area contributed by atoms with Crippen molar-refractivity contribution in [1.29, 1.82) is 0 Å². The van der Waals surface area contributed by atoms with Crippen molar-refractivity contribution in [3.63, 3.8) is 0 Å². The van der Waals surface area contributed by atoms with Gasteiger partial charge in [-0.1, -0.05) is 22.0 Å². The van der Waals surface area contributed by atoms with Crippen molar-refractivity contribution >= 4 is 15.9 Å². The van der Waals surface area contributed by atoms with Crippen LogP contribution in [0.15, 0.2) is 45.7 Å². The molecule has 4 heteroatoms. The molecule has 0 saturated carbocycles. The molecule has 0 aliphatic carbocycles. The molecule has 0 saturated heterocycles. The highest BCUT2D eigenvalue weighted by Crippen LogP contribution is 2.14. The van der Waals surface area contributed by atoms with Gasteiger partial charge in [0.25, 0.3) is 5.56 Å². The first-order chi connectivity index (χ1) is 8.13. The molecule has 1 aromatic carbocycles. The van der Waals surface area contributed by atoms with Gasteiger partial charge in [-0.15, -0.1) is 0 Å². The number of hydrogen-bond acceptors (Lipinski definition) is 2. The lowest BCUT2D eigenvalue weighted by molar-refractivity contribution is 0.888. The van der Waals surface area contributed by atoms with Crippen molar-refractivity contribution in [2.24, 2.45) is 5.73 Å². The van der Waals surface area contributed by atoms with Gasteiger partial charge >= 0.3 is 0 Å². The molecule has 0 spiro atoms. The highest BCUT2D eigenvalue weighted by Gasteiger charge is 2.06. The van der Waals surface area contributed by atoms with Crippen molar-refractivity contribution in [2.45, 2.75) is 13.5 Å². The van der Waals surface area contributed by atoms with Crippen molar-refractivity contribution in [1.82, 2.24) is 4.57 Å². The maximum atomic E-state index is 12.2. The van der Waals surface area contributed by atoms with Crippen LogP contribution in [-0.4, -0.2) is 4.57 Å². The van der Waals surface area contributed by atoms with E-state index in [2.05, 4.69) is 15.9 Å². The molecule has 0 fully saturated rings. The van der Waals surface area contributed by atoms with E-state index in [0.717, 1.165) is 15.9 Å². The third kappa shape index (κ3) is 2.33. The molecule has 88 valence electrons. The van der Waals surface area contributed by atoms with Gasteiger partial charge in [0, 0.05) is 28.0 Å². The second kappa shape index (κ2) is 4.85. The quantitative estimate of drug-likeness (QED) is 0.924. The summed E-state index contributed by atoms with van der Waals surface area (Å²) in [6, 6.07) is 11.3. The first-order valence-corrected chi connectivity index (χ1v) is 6.10. The lowest BCUT2D eigenvalue weighted by atomic mass is 10.2. The molecule has 0 atom stereocenters. The molecule has 3 nitrogen and oxygen atoms in total. The monoisotopic (exact) mass is 292 g/mol. The molecule has 0 unspecified atom stereocenters. The van der Waals surface area contributed by atoms with E-state index >= 15 is 0 Å². The molecule has 0 bridgehead atoms. The van der Waals surface area contributed by atoms with E-state index in [1.807, 2.05) is 37.3 Å². The van der Waals surface area contributed by atoms with Gasteiger partial charge in [-0.05, 0) is 37.3 Å². The van der Waals surface area contributed by atoms with E-state index in [1.165, 1.54) is 0 Å². The van der Waals surface area contributed by atoms with Gasteiger partial charge < -0.3 is 5.73 Å². The average Bonchev–Trinajstić information content (AvgIpc) is 2.32. The van der Waals surface area contributed by atoms with E-state index in [4.69, 9.17) is 5.73 Å². The van der Waals surface area contributed by atoms with Crippen molar-refractivity contribution in [3.05, 3.63) is 62.5 Å². The predicted octanol–water partition coefficient (Wildman–Crippen LogP) is 2.37. The standard InChI is InChI=1S/C13H13BrN2O/c1-9-2-3-10(8-15)13(17)16(9)12-6-4-11(14)5-7-12/h2-7H,8,15H2,1H3. The van der Waals surface area contributed by atoms with E-state index in [9.17, 15) is 4.79 Å². The normalized spacial score (nSPS) is 10.5. The topological polar surface area (TPSA) is 48.0 Å². The van der Waals surface area contributed by atoms with Crippen LogP contribution in [0.2, 0.25) is 0 Å². The van der Waals surface area contributed by atoms with Gasteiger partial charge in [-0.25, -0.2) is 0 Å². The van der Waals surface area contributed by atoms with Crippen LogP contribution in [-0.2, 0) is 6.54 Å². The fourth-order valence-electron chi connectivity index (χ4n) is 1.74. The first kappa shape index (κ1) is 12.1. The third-order valence-electron chi connectivity index (χ3n) is 2.66. The molecule has 2 aromatic rings. The van der Waals surface area contributed by atoms with Gasteiger partial charge in [0.2, 0.25) is 0 Å². The number of aromatic nitrogens is 1. The number of rotatable bonds is 2. The molecule has 2 N–H and O–H groups in total. The maximum absolute atomic E-state index is 12.2. The Balaban J connectivity index is 2.66. The lowest BCUT2D eigenvalue weighted by Crippen LogP contribution is -2.25. The highest BCUT2D eigenvalue weighted by molar-refractivity contribution is 9.10. The van der Waals surface area contributed by atoms with Crippen LogP contribution in [0.4, 0.5) is 0 Å². The summed E-state index contributed by atoms with van der Waals surface area (Å²) >= 11 is 3.38. The van der Waals surface area contributed by atoms with Crippen LogP contribution in [0.1, 0.15) is 11.3 Å². The summed E-state index contributed by atoms with van der Waals surface area (Å²) < 4.78 is 2.66. The molecule has 1 aromatic heterocycles. The number of nitrogens with two attached hydrogens (primary N) is 1. The fraction of sp³-hybridized carbons (Fsp3) is 0.154. The van der Waals surface area contributed by atoms with Crippen molar-refractivity contribution in [3.8, 4) is 5.69 Å². The molecule has 0 radical (unpaired) electrons. The molecule has 0 aliphatic rings. The molecule has 1 heterocycles. The van der Waals surface area contributed by atoms with E-state index in [0.29, 0.717) is 5.56 Å². The zero-order chi connectivity index (χ0) is 12.4. The maximum Gasteiger partial charge on any atom is 0.259 e. The Labute approximate surface area is 108 Å². The van der Waals surface area contributed by atoms with Gasteiger partial charge in [0.1, 0.15) is 0 Å². The summed E-state index contributed by atoms with van der Waals surface area (Å²) in [6.07, 6.45) is 0. The van der Waals surface area contributed by atoms with Gasteiger partial charge in [-0.3, -0.25) is 9.36 Å². The second-order valence-electron chi connectivity index (χ2n) is 3.82. The fourth-order valence-corrected chi connectivity index (χ4v) is 2.00. The smallest absolute Gasteiger partial charge is 0.259 e. The van der Waals surface area contributed by atoms with E-state index < -0.39 is 0 Å². The summed E-state index contributed by atoms with van der Waals surface area (Å²) in [7, 11) is 0. The number of hydrogen-bond donors (Lipinski definition) is 1. The zero-order valence-electron chi connectivity index (χ0n) is 9.48. The van der Waals surface area contributed by atoms with Gasteiger partial charge in [0.05, 0.1) is 0 Å². The molecule has 0 aliphatic heterocycles. The Bertz CT molecular complexity index is 587. The summed E-state index contributed by atoms with van der Waals surface area (Å²) in [6.45, 7) is 2.17. The first-order valence-electron chi connectivity index (χ1n) is 5.31. The van der Waals surface area contributed by atoms with Crippen molar-refractivity contribution in [2.75, 3.05) is 0 Å². The lowest BCUT2D eigenvalue weighted by Gasteiger charge is -2.11. The molecular weight excluding hydrogens is 280 g/mol. The number of halogens is 1. The Morgan fingerprint density at radius 2 is 1.82 bits per heavy atom. The van der Waals surface area contributed by atoms with Crippen LogP contribution < -0.4 is 11.3 Å². The highest BCUT2D eigenvalue weighted by atomic mass is 79.9. The van der Waals surface area contributed by atoms with Crippen LogP contribution >= 0.6 is 15.9 Å². The second-order valence-corrected chi connectivity index (χ2v) is 4.74. The molecule has 2 rings (SSSR count). The molecule has 0 amide bonds. The Morgan fingerprint density at radius 1 is 1.18 bits per heavy atom. The average molecular weight is 293 g/mol. The number of aryl methyl sites for hydroxylation is 1. The summed E-state index contributed by atoms with van der Waals surface area (Å²) in [5.74, 6) is 0. The van der Waals surface area contributed by atoms with E-state index in [-0.39, 0.29) is 12.1 Å². The van der Waals surface area contributed by atoms with Gasteiger partial charge in [-0.2, -0.15) is 0 Å². The Morgan fingerprint density at radius 3 is 2.41 bits per heavy atom. The molecular formula is C13H13BrN2O. The van der Waals surface area contributed by atoms with Crippen LogP contribution in [0.3, 0.4) is 0 Å². The summed E-state index contributed by atoms with van der Waals surface area (Å²) in [5, 5.41) is 0. The van der Waals surface area contributed by atoms with Crippen LogP contribution in [0.5, 0.6) is 0 Å². The number of benzene rings is 1. The SMILES string of the molecule is Cc1ccc(CN)c(=O)n1-c1ccc(Br)cc1. The minimum Gasteiger partial charge on any atom is -0.326 e. The van der Waals surface area contributed by atoms with Crippen LogP contribution in [0.25, 0.3) is 5.69 Å². The predicted molar refractivity (Wildman–Crippen MR) is 72.4 cm³/mol. The zero-order valence-corrected chi connectivity index (χ0v) is 11.1. The van der Waals surface area contributed by atoms with E-state index in [1.54, 1.807) is 10.6 Å². The Kier molecular flexibility index (Phi) is 3.45. The number of nitrogens with zero attached hydrogens (tertiary/aromatic N) is 1. The largest absolute Gasteiger partial charge is 0.326 e. The summed E-state index contributed by atoms with van der Waals surface area (Å²) in [5.41, 5.74) is 7.88. The third-order valence-corrected chi connectivity index (χ3v) is 3.19. The Hall–Kier alpha value is -1.39. The number of pyridine rings is 1.